The SMILES string of the molecule is N#Cc1c(F)cccc1NC(=O)C1CCCCCN1. The summed E-state index contributed by atoms with van der Waals surface area (Å²) in [6.45, 7) is 0.812. The highest BCUT2D eigenvalue weighted by molar-refractivity contribution is 5.96. The van der Waals surface area contributed by atoms with E-state index in [0.717, 1.165) is 32.2 Å². The number of hydrogen-bond acceptors (Lipinski definition) is 3. The van der Waals surface area contributed by atoms with E-state index >= 15 is 0 Å². The van der Waals surface area contributed by atoms with Crippen LogP contribution in [0.3, 0.4) is 0 Å². The van der Waals surface area contributed by atoms with Gasteiger partial charge in [0.1, 0.15) is 17.4 Å². The van der Waals surface area contributed by atoms with E-state index in [1.165, 1.54) is 18.2 Å². The number of anilines is 1. The first-order valence-electron chi connectivity index (χ1n) is 6.45. The lowest BCUT2D eigenvalue weighted by molar-refractivity contribution is -0.118. The number of nitrogens with one attached hydrogen (secondary N) is 2. The zero-order valence-corrected chi connectivity index (χ0v) is 10.6. The summed E-state index contributed by atoms with van der Waals surface area (Å²) in [6, 6.07) is 5.73. The summed E-state index contributed by atoms with van der Waals surface area (Å²) in [5, 5.41) is 14.7. The minimum Gasteiger partial charge on any atom is -0.323 e. The van der Waals surface area contributed by atoms with E-state index in [1.54, 1.807) is 6.07 Å². The Labute approximate surface area is 111 Å². The number of hydrogen-bond donors (Lipinski definition) is 2. The summed E-state index contributed by atoms with van der Waals surface area (Å²) in [4.78, 5) is 12.1. The molecule has 1 unspecified atom stereocenters. The smallest absolute Gasteiger partial charge is 0.241 e. The van der Waals surface area contributed by atoms with Crippen molar-refractivity contribution in [3.05, 3.63) is 29.6 Å². The molecular formula is C14H16FN3O. The molecule has 0 bridgehead atoms. The van der Waals surface area contributed by atoms with Crippen molar-refractivity contribution >= 4 is 11.6 Å². The van der Waals surface area contributed by atoms with Crippen molar-refractivity contribution < 1.29 is 9.18 Å². The van der Waals surface area contributed by atoms with Gasteiger partial charge in [0, 0.05) is 0 Å². The molecule has 0 aliphatic carbocycles. The highest BCUT2D eigenvalue weighted by Gasteiger charge is 2.20. The standard InChI is InChI=1S/C14H16FN3O/c15-11-5-4-7-12(10(11)9-16)18-14(19)13-6-2-1-3-8-17-13/h4-5,7,13,17H,1-3,6,8H2,(H,18,19). The second-order valence-corrected chi connectivity index (χ2v) is 4.62. The number of amides is 1. The minimum atomic E-state index is -0.617. The second kappa shape index (κ2) is 6.30. The summed E-state index contributed by atoms with van der Waals surface area (Å²) in [6.07, 6.45) is 3.94. The summed E-state index contributed by atoms with van der Waals surface area (Å²) in [5.41, 5.74) is 0.114. The van der Waals surface area contributed by atoms with Crippen LogP contribution in [0.25, 0.3) is 0 Å². The predicted octanol–water partition coefficient (Wildman–Crippen LogP) is 2.17. The summed E-state index contributed by atoms with van der Waals surface area (Å²) in [5.74, 6) is -0.821. The number of benzene rings is 1. The molecule has 1 aliphatic heterocycles. The van der Waals surface area contributed by atoms with E-state index in [1.807, 2.05) is 0 Å². The lowest BCUT2D eigenvalue weighted by Gasteiger charge is -2.16. The van der Waals surface area contributed by atoms with E-state index in [0.29, 0.717) is 0 Å². The predicted molar refractivity (Wildman–Crippen MR) is 70.0 cm³/mol. The fourth-order valence-corrected chi connectivity index (χ4v) is 2.21. The molecule has 1 atom stereocenters. The quantitative estimate of drug-likeness (QED) is 0.857. The molecule has 1 fully saturated rings. The monoisotopic (exact) mass is 261 g/mol. The molecule has 4 nitrogen and oxygen atoms in total. The third kappa shape index (κ3) is 3.30. The Hall–Kier alpha value is -1.93. The molecule has 5 heteroatoms. The van der Waals surface area contributed by atoms with Crippen LogP contribution in [0.4, 0.5) is 10.1 Å². The van der Waals surface area contributed by atoms with Crippen molar-refractivity contribution in [2.24, 2.45) is 0 Å². The number of carbonyl (C=O) groups is 1. The first-order chi connectivity index (χ1) is 9.22. The number of nitrogens with zero attached hydrogens (tertiary/aromatic N) is 1. The Balaban J connectivity index is 2.10. The molecule has 1 aromatic rings. The molecule has 1 amide bonds. The minimum absolute atomic E-state index is 0.121. The number of carbonyl (C=O) groups excluding carboxylic acids is 1. The third-order valence-electron chi connectivity index (χ3n) is 3.26. The molecular weight excluding hydrogens is 245 g/mol. The van der Waals surface area contributed by atoms with Gasteiger partial charge in [-0.05, 0) is 31.5 Å². The lowest BCUT2D eigenvalue weighted by atomic mass is 10.1. The maximum atomic E-state index is 13.4. The number of halogens is 1. The van der Waals surface area contributed by atoms with Crippen LogP contribution in [-0.2, 0) is 4.79 Å². The van der Waals surface area contributed by atoms with Crippen LogP contribution in [0.2, 0.25) is 0 Å². The van der Waals surface area contributed by atoms with Crippen molar-refractivity contribution in [3.63, 3.8) is 0 Å². The van der Waals surface area contributed by atoms with Crippen molar-refractivity contribution in [2.75, 3.05) is 11.9 Å². The van der Waals surface area contributed by atoms with Crippen LogP contribution in [0, 0.1) is 17.1 Å². The van der Waals surface area contributed by atoms with Gasteiger partial charge in [-0.2, -0.15) is 5.26 Å². The Bertz CT molecular complexity index is 502. The molecule has 0 saturated carbocycles. The molecule has 0 radical (unpaired) electrons. The van der Waals surface area contributed by atoms with Gasteiger partial charge in [0.15, 0.2) is 0 Å². The van der Waals surface area contributed by atoms with Crippen LogP contribution >= 0.6 is 0 Å². The average molecular weight is 261 g/mol. The molecule has 1 saturated heterocycles. The summed E-state index contributed by atoms with van der Waals surface area (Å²) < 4.78 is 13.4. The van der Waals surface area contributed by atoms with E-state index < -0.39 is 5.82 Å². The van der Waals surface area contributed by atoms with E-state index in [2.05, 4.69) is 10.6 Å². The van der Waals surface area contributed by atoms with Crippen LogP contribution in [0.5, 0.6) is 0 Å². The maximum Gasteiger partial charge on any atom is 0.241 e. The zero-order chi connectivity index (χ0) is 13.7. The first-order valence-corrected chi connectivity index (χ1v) is 6.45. The normalized spacial score (nSPS) is 19.3. The van der Waals surface area contributed by atoms with Crippen LogP contribution in [0.15, 0.2) is 18.2 Å². The highest BCUT2D eigenvalue weighted by Crippen LogP contribution is 2.19. The van der Waals surface area contributed by atoms with Gasteiger partial charge in [-0.1, -0.05) is 18.9 Å². The average Bonchev–Trinajstić information content (AvgIpc) is 2.68. The molecule has 2 N–H and O–H groups in total. The molecule has 0 spiro atoms. The van der Waals surface area contributed by atoms with Gasteiger partial charge >= 0.3 is 0 Å². The number of nitriles is 1. The van der Waals surface area contributed by atoms with Crippen LogP contribution in [-0.4, -0.2) is 18.5 Å². The molecule has 19 heavy (non-hydrogen) atoms. The summed E-state index contributed by atoms with van der Waals surface area (Å²) in [7, 11) is 0. The van der Waals surface area contributed by atoms with E-state index in [4.69, 9.17) is 5.26 Å². The Kier molecular flexibility index (Phi) is 4.48. The molecule has 1 aliphatic rings. The molecule has 2 rings (SSSR count). The van der Waals surface area contributed by atoms with E-state index in [-0.39, 0.29) is 23.2 Å². The Morgan fingerprint density at radius 2 is 2.26 bits per heavy atom. The van der Waals surface area contributed by atoms with Crippen molar-refractivity contribution in [1.82, 2.24) is 5.32 Å². The highest BCUT2D eigenvalue weighted by atomic mass is 19.1. The summed E-state index contributed by atoms with van der Waals surface area (Å²) >= 11 is 0. The van der Waals surface area contributed by atoms with Gasteiger partial charge in [-0.25, -0.2) is 4.39 Å². The molecule has 0 aromatic heterocycles. The van der Waals surface area contributed by atoms with Crippen LogP contribution < -0.4 is 10.6 Å². The van der Waals surface area contributed by atoms with Crippen molar-refractivity contribution in [3.8, 4) is 6.07 Å². The van der Waals surface area contributed by atoms with Gasteiger partial charge in [0.2, 0.25) is 5.91 Å². The largest absolute Gasteiger partial charge is 0.323 e. The van der Waals surface area contributed by atoms with Crippen molar-refractivity contribution in [1.29, 1.82) is 5.26 Å². The molecule has 1 aromatic carbocycles. The number of rotatable bonds is 2. The zero-order valence-electron chi connectivity index (χ0n) is 10.6. The maximum absolute atomic E-state index is 13.4. The fraction of sp³-hybridized carbons (Fsp3) is 0.429. The topological polar surface area (TPSA) is 64.9 Å². The lowest BCUT2D eigenvalue weighted by Crippen LogP contribution is -2.40. The van der Waals surface area contributed by atoms with E-state index in [9.17, 15) is 9.18 Å². The van der Waals surface area contributed by atoms with Gasteiger partial charge in [-0.15, -0.1) is 0 Å². The molecule has 100 valence electrons. The van der Waals surface area contributed by atoms with Gasteiger partial charge in [0.05, 0.1) is 11.7 Å². The van der Waals surface area contributed by atoms with Crippen LogP contribution in [0.1, 0.15) is 31.2 Å². The van der Waals surface area contributed by atoms with Gasteiger partial charge in [-0.3, -0.25) is 4.79 Å². The Morgan fingerprint density at radius 1 is 1.42 bits per heavy atom. The third-order valence-corrected chi connectivity index (χ3v) is 3.26. The van der Waals surface area contributed by atoms with Gasteiger partial charge in [0.25, 0.3) is 0 Å². The second-order valence-electron chi connectivity index (χ2n) is 4.62. The Morgan fingerprint density at radius 3 is 3.05 bits per heavy atom. The van der Waals surface area contributed by atoms with Gasteiger partial charge < -0.3 is 10.6 Å². The molecule has 1 heterocycles. The first kappa shape index (κ1) is 13.5. The fourth-order valence-electron chi connectivity index (χ4n) is 2.21. The van der Waals surface area contributed by atoms with Crippen molar-refractivity contribution in [2.45, 2.75) is 31.7 Å².